The second-order valence-electron chi connectivity index (χ2n) is 6.10. The molecule has 2 rings (SSSR count). The van der Waals surface area contributed by atoms with Crippen molar-refractivity contribution in [1.29, 1.82) is 0 Å². The zero-order valence-electron chi connectivity index (χ0n) is 12.8. The maximum atomic E-state index is 13.9. The van der Waals surface area contributed by atoms with Crippen LogP contribution >= 0.6 is 0 Å². The molecule has 1 fully saturated rings. The molecule has 0 aromatic heterocycles. The number of benzene rings is 1. The van der Waals surface area contributed by atoms with Crippen LogP contribution in [0.15, 0.2) is 18.2 Å². The molecule has 1 saturated carbocycles. The summed E-state index contributed by atoms with van der Waals surface area (Å²) < 4.78 is 19.6. The molecule has 0 saturated heterocycles. The fraction of sp³-hybridized carbons (Fsp3) is 0.562. The molecule has 0 aliphatic heterocycles. The van der Waals surface area contributed by atoms with E-state index in [1.165, 1.54) is 6.07 Å². The summed E-state index contributed by atoms with van der Waals surface area (Å²) in [6.45, 7) is 7.44. The molecule has 2 atom stereocenters. The number of nitrogens with two attached hydrogens (primary N) is 1. The summed E-state index contributed by atoms with van der Waals surface area (Å²) in [4.78, 5) is 11.0. The van der Waals surface area contributed by atoms with Gasteiger partial charge in [-0.3, -0.25) is 4.79 Å². The van der Waals surface area contributed by atoms with Gasteiger partial charge in [-0.25, -0.2) is 4.39 Å². The first-order valence-electron chi connectivity index (χ1n) is 7.29. The Morgan fingerprint density at radius 2 is 2.24 bits per heavy atom. The lowest BCUT2D eigenvalue weighted by molar-refractivity contribution is -0.114. The molecule has 1 aromatic rings. The minimum atomic E-state index is -0.618. The van der Waals surface area contributed by atoms with Crippen molar-refractivity contribution >= 4 is 5.91 Å². The van der Waals surface area contributed by atoms with Gasteiger partial charge >= 0.3 is 0 Å². The summed E-state index contributed by atoms with van der Waals surface area (Å²) >= 11 is 0. The van der Waals surface area contributed by atoms with E-state index in [4.69, 9.17) is 10.5 Å². The van der Waals surface area contributed by atoms with Crippen LogP contribution in [0.2, 0.25) is 0 Å². The minimum absolute atomic E-state index is 0.0413. The van der Waals surface area contributed by atoms with E-state index in [2.05, 4.69) is 19.2 Å². The van der Waals surface area contributed by atoms with E-state index in [0.717, 1.165) is 6.42 Å². The normalized spacial score (nSPS) is 23.6. The van der Waals surface area contributed by atoms with Crippen molar-refractivity contribution in [3.05, 3.63) is 35.1 Å². The van der Waals surface area contributed by atoms with Crippen LogP contribution < -0.4 is 11.1 Å². The molecule has 3 N–H and O–H groups in total. The first-order chi connectivity index (χ1) is 9.86. The van der Waals surface area contributed by atoms with Gasteiger partial charge in [0.15, 0.2) is 0 Å². The topological polar surface area (TPSA) is 64.3 Å². The van der Waals surface area contributed by atoms with Crippen LogP contribution in [-0.4, -0.2) is 24.7 Å². The molecule has 1 aliphatic rings. The Morgan fingerprint density at radius 1 is 1.52 bits per heavy atom. The Kier molecular flexibility index (Phi) is 4.64. The second kappa shape index (κ2) is 6.12. The van der Waals surface area contributed by atoms with E-state index in [1.807, 2.05) is 6.92 Å². The minimum Gasteiger partial charge on any atom is -0.378 e. The largest absolute Gasteiger partial charge is 0.378 e. The van der Waals surface area contributed by atoms with Gasteiger partial charge in [0.1, 0.15) is 5.82 Å². The summed E-state index contributed by atoms with van der Waals surface area (Å²) in [7, 11) is 0. The number of hydrogen-bond acceptors (Lipinski definition) is 3. The average molecular weight is 294 g/mol. The van der Waals surface area contributed by atoms with Gasteiger partial charge in [0.25, 0.3) is 0 Å². The highest BCUT2D eigenvalue weighted by molar-refractivity contribution is 5.92. The van der Waals surface area contributed by atoms with Crippen molar-refractivity contribution < 1.29 is 13.9 Å². The van der Waals surface area contributed by atoms with Gasteiger partial charge in [-0.1, -0.05) is 19.9 Å². The number of carbonyl (C=O) groups excluding carboxylic acids is 1. The fourth-order valence-electron chi connectivity index (χ4n) is 2.79. The summed E-state index contributed by atoms with van der Waals surface area (Å²) in [5.74, 6) is -1.02. The van der Waals surface area contributed by atoms with Crippen LogP contribution in [0.5, 0.6) is 0 Å². The predicted octanol–water partition coefficient (Wildman–Crippen LogP) is 2.22. The molecule has 0 bridgehead atoms. The quantitative estimate of drug-likeness (QED) is 0.845. The Balaban J connectivity index is 1.94. The Hall–Kier alpha value is -1.46. The summed E-state index contributed by atoms with van der Waals surface area (Å²) in [5.41, 5.74) is 5.90. The van der Waals surface area contributed by atoms with Crippen LogP contribution in [0.3, 0.4) is 0 Å². The number of ether oxygens (including phenoxy) is 1. The number of nitrogens with one attached hydrogen (secondary N) is 1. The molecule has 116 valence electrons. The van der Waals surface area contributed by atoms with Crippen molar-refractivity contribution in [2.75, 3.05) is 6.61 Å². The van der Waals surface area contributed by atoms with Crippen molar-refractivity contribution in [3.8, 4) is 0 Å². The smallest absolute Gasteiger partial charge is 0.248 e. The molecular formula is C16H23FN2O2. The molecule has 0 radical (unpaired) electrons. The molecule has 5 heteroatoms. The zero-order chi connectivity index (χ0) is 15.6. The van der Waals surface area contributed by atoms with Crippen molar-refractivity contribution in [1.82, 2.24) is 5.32 Å². The molecule has 1 amide bonds. The van der Waals surface area contributed by atoms with Gasteiger partial charge in [0.05, 0.1) is 6.10 Å². The van der Waals surface area contributed by atoms with Gasteiger partial charge < -0.3 is 15.8 Å². The molecule has 4 nitrogen and oxygen atoms in total. The van der Waals surface area contributed by atoms with E-state index in [9.17, 15) is 9.18 Å². The van der Waals surface area contributed by atoms with Crippen molar-refractivity contribution in [2.24, 2.45) is 11.1 Å². The van der Waals surface area contributed by atoms with Gasteiger partial charge in [0.2, 0.25) is 5.91 Å². The van der Waals surface area contributed by atoms with E-state index in [1.54, 1.807) is 12.1 Å². The lowest BCUT2D eigenvalue weighted by atomic mass is 9.64. The zero-order valence-corrected chi connectivity index (χ0v) is 12.8. The molecular weight excluding hydrogens is 271 g/mol. The highest BCUT2D eigenvalue weighted by Crippen LogP contribution is 2.42. The Labute approximate surface area is 124 Å². The van der Waals surface area contributed by atoms with E-state index in [-0.39, 0.29) is 17.1 Å². The Morgan fingerprint density at radius 3 is 2.76 bits per heavy atom. The molecule has 21 heavy (non-hydrogen) atoms. The van der Waals surface area contributed by atoms with Crippen molar-refractivity contribution in [3.63, 3.8) is 0 Å². The SMILES string of the molecule is CCOC1CC(NCc2ccc(C(N)=O)cc2F)C1(C)C. The van der Waals surface area contributed by atoms with Gasteiger partial charge in [-0.05, 0) is 25.5 Å². The van der Waals surface area contributed by atoms with E-state index < -0.39 is 11.7 Å². The maximum Gasteiger partial charge on any atom is 0.248 e. The number of rotatable bonds is 6. The van der Waals surface area contributed by atoms with Crippen LogP contribution in [0.1, 0.15) is 43.1 Å². The number of carbonyl (C=O) groups is 1. The number of primary amides is 1. The maximum absolute atomic E-state index is 13.9. The highest BCUT2D eigenvalue weighted by atomic mass is 19.1. The first kappa shape index (κ1) is 15.9. The highest BCUT2D eigenvalue weighted by Gasteiger charge is 2.48. The Bertz CT molecular complexity index is 531. The molecule has 0 heterocycles. The van der Waals surface area contributed by atoms with Gasteiger partial charge in [-0.2, -0.15) is 0 Å². The van der Waals surface area contributed by atoms with Crippen LogP contribution in [0.25, 0.3) is 0 Å². The third kappa shape index (κ3) is 3.24. The lowest BCUT2D eigenvalue weighted by Crippen LogP contribution is -2.60. The van der Waals surface area contributed by atoms with Crippen LogP contribution in [0, 0.1) is 11.2 Å². The molecule has 1 aliphatic carbocycles. The number of halogens is 1. The molecule has 1 aromatic carbocycles. The van der Waals surface area contributed by atoms with Crippen molar-refractivity contribution in [2.45, 2.75) is 45.9 Å². The summed E-state index contributed by atoms with van der Waals surface area (Å²) in [6, 6.07) is 4.64. The predicted molar refractivity (Wildman–Crippen MR) is 79.4 cm³/mol. The molecule has 0 spiro atoms. The van der Waals surface area contributed by atoms with Crippen LogP contribution in [-0.2, 0) is 11.3 Å². The first-order valence-corrected chi connectivity index (χ1v) is 7.29. The number of hydrogen-bond donors (Lipinski definition) is 2. The fourth-order valence-corrected chi connectivity index (χ4v) is 2.79. The second-order valence-corrected chi connectivity index (χ2v) is 6.10. The van der Waals surface area contributed by atoms with Crippen LogP contribution in [0.4, 0.5) is 4.39 Å². The van der Waals surface area contributed by atoms with E-state index in [0.29, 0.717) is 24.8 Å². The number of amides is 1. The third-order valence-corrected chi connectivity index (χ3v) is 4.42. The van der Waals surface area contributed by atoms with Gasteiger partial charge in [-0.15, -0.1) is 0 Å². The monoisotopic (exact) mass is 294 g/mol. The standard InChI is InChI=1S/C16H23FN2O2/c1-4-21-14-8-13(16(14,2)3)19-9-11-6-5-10(15(18)20)7-12(11)17/h5-7,13-14,19H,4,8-9H2,1-3H3,(H2,18,20). The average Bonchev–Trinajstić information content (AvgIpc) is 2.43. The summed E-state index contributed by atoms with van der Waals surface area (Å²) in [5, 5.41) is 3.37. The summed E-state index contributed by atoms with van der Waals surface area (Å²) in [6.07, 6.45) is 1.18. The lowest BCUT2D eigenvalue weighted by Gasteiger charge is -2.52. The van der Waals surface area contributed by atoms with E-state index >= 15 is 0 Å². The third-order valence-electron chi connectivity index (χ3n) is 4.42. The van der Waals surface area contributed by atoms with Gasteiger partial charge in [0, 0.05) is 35.7 Å². The molecule has 2 unspecified atom stereocenters.